The van der Waals surface area contributed by atoms with E-state index in [-0.39, 0.29) is 41.1 Å². The summed E-state index contributed by atoms with van der Waals surface area (Å²) in [7, 11) is 1.30. The highest BCUT2D eigenvalue weighted by molar-refractivity contribution is 14.1. The number of alkyl halides is 6. The molecule has 53 heavy (non-hydrogen) atoms. The molecule has 4 amide bonds. The van der Waals surface area contributed by atoms with Crippen LogP contribution in [0.2, 0.25) is 5.02 Å². The van der Waals surface area contributed by atoms with Gasteiger partial charge in [-0.1, -0.05) is 23.3 Å². The molecule has 1 N–H and O–H groups in total. The van der Waals surface area contributed by atoms with Crippen molar-refractivity contribution in [3.63, 3.8) is 0 Å². The standard InChI is InChI=1S/C36H25ClF7IN2O6/c1-34-22(31(50)47(33(34)52)17-3-6-24(38)23(37)12-17)13-21-19(28(34)14-7-25(45)29(48)26(8-14)53-2)4-5-20-27(21)32(51)46(30(20)49)18-10-15(35(39,40)41)9-16(11-18)36(42,43)44/h3-4,6-12,20-22,27-28,48H,5,13H2,1-2H3. The fourth-order valence-electron chi connectivity index (χ4n) is 8.50. The summed E-state index contributed by atoms with van der Waals surface area (Å²) in [4.78, 5) is 58.3. The molecule has 6 atom stereocenters. The largest absolute Gasteiger partial charge is 0.504 e. The molecule has 3 aromatic rings. The number of benzene rings is 3. The Labute approximate surface area is 314 Å². The summed E-state index contributed by atoms with van der Waals surface area (Å²) < 4.78 is 103. The molecule has 17 heteroatoms. The van der Waals surface area contributed by atoms with E-state index in [0.29, 0.717) is 31.7 Å². The quantitative estimate of drug-likeness (QED) is 0.123. The number of amides is 4. The summed E-state index contributed by atoms with van der Waals surface area (Å²) in [5.41, 5.74) is -5.12. The van der Waals surface area contributed by atoms with Crippen LogP contribution in [0, 0.1) is 38.5 Å². The Morgan fingerprint density at radius 3 is 2.09 bits per heavy atom. The molecule has 0 radical (unpaired) electrons. The lowest BCUT2D eigenvalue weighted by atomic mass is 9.51. The molecule has 3 fully saturated rings. The molecule has 1 saturated carbocycles. The maximum atomic E-state index is 14.6. The predicted molar refractivity (Wildman–Crippen MR) is 182 cm³/mol. The third-order valence-corrected chi connectivity index (χ3v) is 12.0. The number of hydrogen-bond acceptors (Lipinski definition) is 6. The minimum absolute atomic E-state index is 0.0192. The maximum absolute atomic E-state index is 14.6. The van der Waals surface area contributed by atoms with Crippen LogP contribution in [0.4, 0.5) is 42.1 Å². The Hall–Kier alpha value is -4.19. The number of imide groups is 2. The number of allylic oxidation sites excluding steroid dienone is 2. The molecule has 2 saturated heterocycles. The summed E-state index contributed by atoms with van der Waals surface area (Å²) in [6.45, 7) is 1.55. The molecule has 278 valence electrons. The van der Waals surface area contributed by atoms with Gasteiger partial charge in [-0.15, -0.1) is 0 Å². The van der Waals surface area contributed by atoms with E-state index in [2.05, 4.69) is 0 Å². The van der Waals surface area contributed by atoms with Crippen LogP contribution in [0.5, 0.6) is 11.5 Å². The summed E-state index contributed by atoms with van der Waals surface area (Å²) in [6, 6.07) is 6.83. The second-order valence-corrected chi connectivity index (χ2v) is 15.2. The van der Waals surface area contributed by atoms with Gasteiger partial charge in [-0.25, -0.2) is 14.2 Å². The average Bonchev–Trinajstić information content (AvgIpc) is 3.45. The van der Waals surface area contributed by atoms with Gasteiger partial charge in [0.15, 0.2) is 11.5 Å². The van der Waals surface area contributed by atoms with Crippen LogP contribution >= 0.6 is 34.2 Å². The summed E-state index contributed by atoms with van der Waals surface area (Å²) >= 11 is 7.86. The number of hydrogen-bond donors (Lipinski definition) is 1. The van der Waals surface area contributed by atoms with E-state index in [1.807, 2.05) is 22.6 Å². The van der Waals surface area contributed by atoms with Crippen LogP contribution in [0.25, 0.3) is 0 Å². The van der Waals surface area contributed by atoms with Crippen LogP contribution < -0.4 is 14.5 Å². The lowest BCUT2D eigenvalue weighted by Crippen LogP contribution is -2.49. The first-order chi connectivity index (χ1) is 24.7. The summed E-state index contributed by atoms with van der Waals surface area (Å²) in [6.07, 6.45) is -9.23. The highest BCUT2D eigenvalue weighted by Gasteiger charge is 2.68. The Morgan fingerprint density at radius 2 is 1.51 bits per heavy atom. The molecule has 0 spiro atoms. The number of halogens is 9. The zero-order chi connectivity index (χ0) is 38.7. The molecular formula is C36H25ClF7IN2O6. The summed E-state index contributed by atoms with van der Waals surface area (Å²) in [5, 5.41) is 10.3. The van der Waals surface area contributed by atoms with Gasteiger partial charge in [0, 0.05) is 5.92 Å². The minimum Gasteiger partial charge on any atom is -0.504 e. The van der Waals surface area contributed by atoms with Crippen LogP contribution in [0.15, 0.2) is 60.2 Å². The number of anilines is 2. The molecule has 8 nitrogen and oxygen atoms in total. The Balaban J connectivity index is 1.38. The topological polar surface area (TPSA) is 104 Å². The number of fused-ring (bicyclic) bond motifs is 4. The molecule has 2 aliphatic carbocycles. The number of carbonyl (C=O) groups excluding carboxylic acids is 4. The first-order valence-electron chi connectivity index (χ1n) is 16.0. The lowest BCUT2D eigenvalue weighted by Gasteiger charge is -2.49. The molecule has 0 aromatic heterocycles. The van der Waals surface area contributed by atoms with Crippen molar-refractivity contribution in [1.82, 2.24) is 0 Å². The van der Waals surface area contributed by atoms with Crippen molar-refractivity contribution >= 4 is 69.2 Å². The highest BCUT2D eigenvalue weighted by atomic mass is 127. The molecule has 6 unspecified atom stereocenters. The van der Waals surface area contributed by atoms with Crippen molar-refractivity contribution < 1.29 is 59.8 Å². The lowest BCUT2D eigenvalue weighted by molar-refractivity contribution is -0.143. The number of phenolic OH excluding ortho intramolecular Hbond substituents is 1. The van der Waals surface area contributed by atoms with E-state index in [0.717, 1.165) is 17.0 Å². The van der Waals surface area contributed by atoms with Crippen LogP contribution in [-0.4, -0.2) is 35.8 Å². The van der Waals surface area contributed by atoms with Crippen molar-refractivity contribution in [2.24, 2.45) is 29.1 Å². The number of carbonyl (C=O) groups is 4. The average molecular weight is 877 g/mol. The van der Waals surface area contributed by atoms with E-state index in [9.17, 15) is 55.0 Å². The Bertz CT molecular complexity index is 2140. The smallest absolute Gasteiger partial charge is 0.416 e. The monoisotopic (exact) mass is 876 g/mol. The maximum Gasteiger partial charge on any atom is 0.416 e. The molecular weight excluding hydrogens is 852 g/mol. The van der Waals surface area contributed by atoms with Gasteiger partial charge in [0.05, 0.1) is 61.4 Å². The summed E-state index contributed by atoms with van der Waals surface area (Å²) in [5.74, 6) is -10.2. The van der Waals surface area contributed by atoms with Crippen molar-refractivity contribution in [3.05, 3.63) is 91.3 Å². The van der Waals surface area contributed by atoms with E-state index in [1.54, 1.807) is 19.1 Å². The van der Waals surface area contributed by atoms with Gasteiger partial charge < -0.3 is 9.84 Å². The minimum atomic E-state index is -5.25. The fraction of sp³-hybridized carbons (Fsp3) is 0.333. The van der Waals surface area contributed by atoms with Crippen LogP contribution in [0.3, 0.4) is 0 Å². The van der Waals surface area contributed by atoms with Crippen molar-refractivity contribution in [2.45, 2.75) is 38.0 Å². The predicted octanol–water partition coefficient (Wildman–Crippen LogP) is 8.27. The van der Waals surface area contributed by atoms with E-state index in [4.69, 9.17) is 16.3 Å². The SMILES string of the molecule is COc1cc(C2C3=CCC4C(=O)N(c5cc(C(F)(F)F)cc(C(F)(F)F)c5)C(=O)C4C3CC3C(=O)N(c4ccc(F)c(Cl)c4)C(=O)C32C)cc(I)c1O. The van der Waals surface area contributed by atoms with Crippen molar-refractivity contribution in [2.75, 3.05) is 16.9 Å². The molecule has 2 heterocycles. The van der Waals surface area contributed by atoms with Gasteiger partial charge in [-0.05, 0) is 102 Å². The van der Waals surface area contributed by atoms with E-state index < -0.39 is 93.6 Å². The fourth-order valence-corrected chi connectivity index (χ4v) is 9.30. The number of ether oxygens (including phenoxy) is 1. The van der Waals surface area contributed by atoms with Gasteiger partial charge in [0.2, 0.25) is 23.6 Å². The second kappa shape index (κ2) is 12.4. The first-order valence-corrected chi connectivity index (χ1v) is 17.4. The van der Waals surface area contributed by atoms with Crippen LogP contribution in [0.1, 0.15) is 42.4 Å². The highest BCUT2D eigenvalue weighted by Crippen LogP contribution is 2.64. The third kappa shape index (κ3) is 5.60. The van der Waals surface area contributed by atoms with E-state index >= 15 is 0 Å². The normalized spacial score (nSPS) is 27.2. The van der Waals surface area contributed by atoms with Crippen LogP contribution in [-0.2, 0) is 31.5 Å². The molecule has 3 aromatic carbocycles. The first kappa shape index (κ1) is 37.1. The zero-order valence-corrected chi connectivity index (χ0v) is 30.2. The van der Waals surface area contributed by atoms with E-state index in [1.165, 1.54) is 19.2 Å². The molecule has 4 aliphatic rings. The molecule has 7 rings (SSSR count). The van der Waals surface area contributed by atoms with Gasteiger partial charge in [0.1, 0.15) is 5.82 Å². The number of phenols is 1. The Morgan fingerprint density at radius 1 is 0.868 bits per heavy atom. The number of methoxy groups -OCH3 is 1. The number of aromatic hydroxyl groups is 1. The van der Waals surface area contributed by atoms with Gasteiger partial charge in [-0.3, -0.25) is 19.2 Å². The molecule has 0 bridgehead atoms. The Kier molecular flexibility index (Phi) is 8.71. The molecule has 2 aliphatic heterocycles. The van der Waals surface area contributed by atoms with Gasteiger partial charge in [0.25, 0.3) is 0 Å². The van der Waals surface area contributed by atoms with Crippen molar-refractivity contribution in [3.8, 4) is 11.5 Å². The second-order valence-electron chi connectivity index (χ2n) is 13.6. The number of rotatable bonds is 4. The number of nitrogens with zero attached hydrogens (tertiary/aromatic N) is 2. The van der Waals surface area contributed by atoms with Gasteiger partial charge >= 0.3 is 12.4 Å². The third-order valence-electron chi connectivity index (χ3n) is 10.9. The zero-order valence-electron chi connectivity index (χ0n) is 27.3. The van der Waals surface area contributed by atoms with Crippen molar-refractivity contribution in [1.29, 1.82) is 0 Å². The van der Waals surface area contributed by atoms with Gasteiger partial charge in [-0.2, -0.15) is 26.3 Å².